The lowest BCUT2D eigenvalue weighted by molar-refractivity contribution is 0.996. The zero-order valence-corrected chi connectivity index (χ0v) is 13.4. The summed E-state index contributed by atoms with van der Waals surface area (Å²) in [5, 5.41) is 1.98. The lowest BCUT2D eigenvalue weighted by Gasteiger charge is -2.12. The molecule has 3 aromatic rings. The van der Waals surface area contributed by atoms with Crippen LogP contribution in [0.3, 0.4) is 0 Å². The van der Waals surface area contributed by atoms with E-state index in [1.165, 1.54) is 0 Å². The van der Waals surface area contributed by atoms with Crippen molar-refractivity contribution >= 4 is 40.1 Å². The van der Waals surface area contributed by atoms with Crippen LogP contribution in [-0.2, 0) is 0 Å². The molecule has 0 fully saturated rings. The number of fused-ring (bicyclic) bond motifs is 1. The van der Waals surface area contributed by atoms with Crippen molar-refractivity contribution in [3.63, 3.8) is 0 Å². The number of benzene rings is 1. The van der Waals surface area contributed by atoms with Crippen molar-refractivity contribution in [1.29, 1.82) is 0 Å². The smallest absolute Gasteiger partial charge is 0.150 e. The molecule has 0 aliphatic heterocycles. The van der Waals surface area contributed by atoms with E-state index < -0.39 is 0 Å². The second kappa shape index (κ2) is 4.90. The monoisotopic (exact) mass is 320 g/mol. The van der Waals surface area contributed by atoms with E-state index in [0.29, 0.717) is 27.4 Å². The average Bonchev–Trinajstić information content (AvgIpc) is 2.63. The Labute approximate surface area is 132 Å². The summed E-state index contributed by atoms with van der Waals surface area (Å²) in [4.78, 5) is 8.77. The van der Waals surface area contributed by atoms with Crippen molar-refractivity contribution in [3.05, 3.63) is 45.3 Å². The fraction of sp³-hybridized carbons (Fsp3) is 0.200. The lowest BCUT2D eigenvalue weighted by Crippen LogP contribution is -2.02. The first-order chi connectivity index (χ1) is 9.91. The molecule has 0 unspecified atom stereocenters. The molecule has 4 nitrogen and oxygen atoms in total. The maximum absolute atomic E-state index is 6.35. The number of hydrogen-bond donors (Lipinski definition) is 1. The Hall–Kier alpha value is -1.78. The predicted octanol–water partition coefficient (Wildman–Crippen LogP) is 4.23. The van der Waals surface area contributed by atoms with Crippen LogP contribution in [0.15, 0.2) is 18.2 Å². The fourth-order valence-electron chi connectivity index (χ4n) is 2.58. The second-order valence-corrected chi connectivity index (χ2v) is 5.79. The highest BCUT2D eigenvalue weighted by Gasteiger charge is 2.20. The van der Waals surface area contributed by atoms with Gasteiger partial charge in [0, 0.05) is 5.69 Å². The normalized spacial score (nSPS) is 11.3. The Kier molecular flexibility index (Phi) is 3.30. The topological polar surface area (TPSA) is 56.7 Å². The lowest BCUT2D eigenvalue weighted by atomic mass is 10.2. The van der Waals surface area contributed by atoms with Gasteiger partial charge in [-0.05, 0) is 38.5 Å². The summed E-state index contributed by atoms with van der Waals surface area (Å²) in [6, 6.07) is 5.43. The molecule has 2 N–H and O–H groups in total. The highest BCUT2D eigenvalue weighted by Crippen LogP contribution is 2.36. The Bertz CT molecular complexity index is 848. The molecule has 0 atom stereocenters. The molecule has 0 bridgehead atoms. The van der Waals surface area contributed by atoms with Crippen molar-refractivity contribution in [2.24, 2.45) is 0 Å². The first kappa shape index (κ1) is 14.2. The number of nitrogens with zero attached hydrogens (tertiary/aromatic N) is 3. The summed E-state index contributed by atoms with van der Waals surface area (Å²) in [5.74, 6) is 1.09. The summed E-state index contributed by atoms with van der Waals surface area (Å²) in [6.45, 7) is 5.80. The van der Waals surface area contributed by atoms with Crippen LogP contribution in [-0.4, -0.2) is 14.5 Å². The van der Waals surface area contributed by atoms with E-state index in [1.807, 2.05) is 31.4 Å². The first-order valence-electron chi connectivity index (χ1n) is 6.48. The summed E-state index contributed by atoms with van der Waals surface area (Å²) >= 11 is 12.7. The Morgan fingerprint density at radius 3 is 2.29 bits per heavy atom. The quantitative estimate of drug-likeness (QED) is 0.729. The molecule has 0 amide bonds. The molecular formula is C15H14Cl2N4. The zero-order chi connectivity index (χ0) is 15.3. The standard InChI is InChI=1S/C15H14Cl2N4/c1-7-8(2)21(13-10(16)5-4-6-11(13)17)15-12(7)14(18)19-9(3)20-15/h4-6H,1-3H3,(H2,18,19,20). The van der Waals surface area contributed by atoms with Gasteiger partial charge in [0.25, 0.3) is 0 Å². The number of hydrogen-bond acceptors (Lipinski definition) is 3. The van der Waals surface area contributed by atoms with E-state index in [9.17, 15) is 0 Å². The van der Waals surface area contributed by atoms with Gasteiger partial charge in [0.1, 0.15) is 11.6 Å². The van der Waals surface area contributed by atoms with Gasteiger partial charge < -0.3 is 5.73 Å². The third-order valence-electron chi connectivity index (χ3n) is 3.66. The SMILES string of the molecule is Cc1nc(N)c2c(C)c(C)n(-c3c(Cl)cccc3Cl)c2n1. The van der Waals surface area contributed by atoms with Crippen LogP contribution in [0.4, 0.5) is 5.82 Å². The average molecular weight is 321 g/mol. The molecule has 0 spiro atoms. The second-order valence-electron chi connectivity index (χ2n) is 4.97. The zero-order valence-electron chi connectivity index (χ0n) is 11.9. The van der Waals surface area contributed by atoms with Crippen LogP contribution in [0.2, 0.25) is 10.0 Å². The molecule has 6 heteroatoms. The number of para-hydroxylation sites is 1. The minimum atomic E-state index is 0.472. The van der Waals surface area contributed by atoms with E-state index in [0.717, 1.165) is 22.3 Å². The number of aromatic nitrogens is 3. The van der Waals surface area contributed by atoms with Gasteiger partial charge in [0.15, 0.2) is 5.65 Å². The number of nitrogens with two attached hydrogens (primary N) is 1. The van der Waals surface area contributed by atoms with Crippen LogP contribution in [0.1, 0.15) is 17.1 Å². The number of nitrogen functional groups attached to an aromatic ring is 1. The maximum atomic E-state index is 6.35. The van der Waals surface area contributed by atoms with Crippen LogP contribution in [0.5, 0.6) is 0 Å². The van der Waals surface area contributed by atoms with Crippen molar-refractivity contribution < 1.29 is 0 Å². The molecule has 0 saturated heterocycles. The summed E-state index contributed by atoms with van der Waals surface area (Å²) < 4.78 is 1.94. The largest absolute Gasteiger partial charge is 0.383 e. The highest BCUT2D eigenvalue weighted by atomic mass is 35.5. The molecule has 108 valence electrons. The number of rotatable bonds is 1. The Morgan fingerprint density at radius 1 is 1.05 bits per heavy atom. The van der Waals surface area contributed by atoms with Crippen molar-refractivity contribution in [2.45, 2.75) is 20.8 Å². The van der Waals surface area contributed by atoms with Gasteiger partial charge in [-0.15, -0.1) is 0 Å². The van der Waals surface area contributed by atoms with Crippen molar-refractivity contribution in [2.75, 3.05) is 5.73 Å². The number of anilines is 1. The minimum Gasteiger partial charge on any atom is -0.383 e. The van der Waals surface area contributed by atoms with Crippen LogP contribution in [0, 0.1) is 20.8 Å². The Balaban J connectivity index is 2.52. The molecule has 2 heterocycles. The summed E-state index contributed by atoms with van der Waals surface area (Å²) in [7, 11) is 0. The molecule has 3 rings (SSSR count). The van der Waals surface area contributed by atoms with E-state index in [2.05, 4.69) is 9.97 Å². The van der Waals surface area contributed by atoms with Gasteiger partial charge >= 0.3 is 0 Å². The predicted molar refractivity (Wildman–Crippen MR) is 87.5 cm³/mol. The van der Waals surface area contributed by atoms with Gasteiger partial charge in [-0.25, -0.2) is 9.97 Å². The van der Waals surface area contributed by atoms with Crippen molar-refractivity contribution in [3.8, 4) is 5.69 Å². The third-order valence-corrected chi connectivity index (χ3v) is 4.27. The first-order valence-corrected chi connectivity index (χ1v) is 7.23. The molecule has 2 aromatic heterocycles. The van der Waals surface area contributed by atoms with Gasteiger partial charge in [0.2, 0.25) is 0 Å². The van der Waals surface area contributed by atoms with Crippen molar-refractivity contribution in [1.82, 2.24) is 14.5 Å². The Morgan fingerprint density at radius 2 is 1.67 bits per heavy atom. The molecule has 21 heavy (non-hydrogen) atoms. The fourth-order valence-corrected chi connectivity index (χ4v) is 3.15. The summed E-state index contributed by atoms with van der Waals surface area (Å²) in [5.41, 5.74) is 9.53. The van der Waals surface area contributed by atoms with Gasteiger partial charge in [-0.1, -0.05) is 29.3 Å². The van der Waals surface area contributed by atoms with E-state index >= 15 is 0 Å². The molecule has 0 radical (unpaired) electrons. The molecule has 0 saturated carbocycles. The van der Waals surface area contributed by atoms with Gasteiger partial charge in [-0.3, -0.25) is 4.57 Å². The molecule has 0 aliphatic rings. The molecule has 1 aromatic carbocycles. The number of aryl methyl sites for hydroxylation is 2. The van der Waals surface area contributed by atoms with Crippen LogP contribution in [0.25, 0.3) is 16.7 Å². The third kappa shape index (κ3) is 2.06. The minimum absolute atomic E-state index is 0.472. The van der Waals surface area contributed by atoms with E-state index in [4.69, 9.17) is 28.9 Å². The van der Waals surface area contributed by atoms with E-state index in [-0.39, 0.29) is 0 Å². The number of halogens is 2. The van der Waals surface area contributed by atoms with E-state index in [1.54, 1.807) is 12.1 Å². The van der Waals surface area contributed by atoms with Crippen LogP contribution >= 0.6 is 23.2 Å². The molecular weight excluding hydrogens is 307 g/mol. The summed E-state index contributed by atoms with van der Waals surface area (Å²) in [6.07, 6.45) is 0. The highest BCUT2D eigenvalue weighted by molar-refractivity contribution is 6.37. The maximum Gasteiger partial charge on any atom is 0.150 e. The van der Waals surface area contributed by atoms with Gasteiger partial charge in [0.05, 0.1) is 21.1 Å². The molecule has 0 aliphatic carbocycles. The van der Waals surface area contributed by atoms with Crippen LogP contribution < -0.4 is 5.73 Å². The van der Waals surface area contributed by atoms with Gasteiger partial charge in [-0.2, -0.15) is 0 Å².